The highest BCUT2D eigenvalue weighted by molar-refractivity contribution is 5.92. The number of hydrogen-bond donors (Lipinski definition) is 1. The molecular formula is C20H26N4O2. The first-order valence-electron chi connectivity index (χ1n) is 9.22. The minimum atomic E-state index is -0.0787. The number of aryl methyl sites for hydroxylation is 1. The van der Waals surface area contributed by atoms with E-state index in [1.54, 1.807) is 6.20 Å². The van der Waals surface area contributed by atoms with Crippen LogP contribution in [0, 0.1) is 0 Å². The van der Waals surface area contributed by atoms with Gasteiger partial charge in [-0.2, -0.15) is 0 Å². The maximum absolute atomic E-state index is 12.6. The van der Waals surface area contributed by atoms with E-state index in [0.717, 1.165) is 25.9 Å². The van der Waals surface area contributed by atoms with Crippen molar-refractivity contribution in [1.82, 2.24) is 19.8 Å². The highest BCUT2D eigenvalue weighted by atomic mass is 16.3. The molecule has 1 N–H and O–H groups in total. The van der Waals surface area contributed by atoms with Crippen LogP contribution in [0.4, 0.5) is 0 Å². The molecule has 3 rings (SSSR count). The lowest BCUT2D eigenvalue weighted by atomic mass is 10.1. The van der Waals surface area contributed by atoms with Crippen molar-refractivity contribution >= 4 is 5.91 Å². The maximum atomic E-state index is 12.6. The highest BCUT2D eigenvalue weighted by Gasteiger charge is 2.29. The zero-order valence-corrected chi connectivity index (χ0v) is 15.0. The Morgan fingerprint density at radius 3 is 2.77 bits per heavy atom. The number of aromatic nitrogens is 2. The van der Waals surface area contributed by atoms with Crippen LogP contribution >= 0.6 is 0 Å². The first-order chi connectivity index (χ1) is 12.8. The minimum Gasteiger partial charge on any atom is -0.396 e. The normalized spacial score (nSPS) is 18.0. The van der Waals surface area contributed by atoms with E-state index in [-0.39, 0.29) is 18.6 Å². The highest BCUT2D eigenvalue weighted by Crippen LogP contribution is 2.16. The number of amides is 1. The average Bonchev–Trinajstić information content (AvgIpc) is 2.70. The largest absolute Gasteiger partial charge is 0.396 e. The summed E-state index contributed by atoms with van der Waals surface area (Å²) in [5.41, 5.74) is 1.73. The second-order valence-corrected chi connectivity index (χ2v) is 6.63. The monoisotopic (exact) mass is 354 g/mol. The van der Waals surface area contributed by atoms with Crippen LogP contribution in [0.2, 0.25) is 0 Å². The van der Waals surface area contributed by atoms with E-state index in [0.29, 0.717) is 25.2 Å². The van der Waals surface area contributed by atoms with Crippen molar-refractivity contribution in [2.75, 3.05) is 32.8 Å². The van der Waals surface area contributed by atoms with Gasteiger partial charge >= 0.3 is 0 Å². The molecule has 1 aliphatic rings. The first kappa shape index (κ1) is 18.5. The third kappa shape index (κ3) is 4.86. The van der Waals surface area contributed by atoms with Gasteiger partial charge in [-0.25, -0.2) is 4.98 Å². The number of carbonyl (C=O) groups is 1. The first-order valence-corrected chi connectivity index (χ1v) is 9.22. The molecule has 2 heterocycles. The summed E-state index contributed by atoms with van der Waals surface area (Å²) in [6.07, 6.45) is 7.41. The summed E-state index contributed by atoms with van der Waals surface area (Å²) in [6.45, 7) is 3.25. The summed E-state index contributed by atoms with van der Waals surface area (Å²) in [5, 5.41) is 9.43. The number of rotatable bonds is 7. The van der Waals surface area contributed by atoms with Gasteiger partial charge in [0.05, 0.1) is 6.20 Å². The molecule has 0 aliphatic carbocycles. The molecular weight excluding hydrogens is 328 g/mol. The molecule has 6 heteroatoms. The lowest BCUT2D eigenvalue weighted by Gasteiger charge is -2.41. The predicted molar refractivity (Wildman–Crippen MR) is 99.8 cm³/mol. The molecule has 0 unspecified atom stereocenters. The van der Waals surface area contributed by atoms with E-state index in [1.807, 2.05) is 11.0 Å². The van der Waals surface area contributed by atoms with Crippen LogP contribution < -0.4 is 0 Å². The molecule has 138 valence electrons. The fourth-order valence-electron chi connectivity index (χ4n) is 3.50. The Hall–Kier alpha value is -2.31. The summed E-state index contributed by atoms with van der Waals surface area (Å²) in [7, 11) is 0. The molecule has 1 atom stereocenters. The second kappa shape index (κ2) is 9.40. The Kier molecular flexibility index (Phi) is 6.68. The van der Waals surface area contributed by atoms with Gasteiger partial charge < -0.3 is 10.0 Å². The number of benzene rings is 1. The van der Waals surface area contributed by atoms with E-state index in [4.69, 9.17) is 0 Å². The number of piperazine rings is 1. The molecule has 1 aromatic heterocycles. The van der Waals surface area contributed by atoms with Gasteiger partial charge in [0.1, 0.15) is 5.69 Å². The standard InChI is InChI=1S/C20H26N4O2/c25-14-8-18-16-24(20(26)19-15-21-9-10-22-19)13-12-23(18)11-4-7-17-5-2-1-3-6-17/h1-3,5-6,9-10,15,18,25H,4,7-8,11-14,16H2/t18-/m0/s1. The van der Waals surface area contributed by atoms with Gasteiger partial charge in [-0.1, -0.05) is 30.3 Å². The number of aliphatic hydroxyl groups is 1. The molecule has 0 saturated carbocycles. The van der Waals surface area contributed by atoms with E-state index in [9.17, 15) is 9.90 Å². The van der Waals surface area contributed by atoms with Gasteiger partial charge in [0.15, 0.2) is 0 Å². The summed E-state index contributed by atoms with van der Waals surface area (Å²) in [4.78, 5) is 24.9. The number of carbonyl (C=O) groups excluding carboxylic acids is 1. The molecule has 2 aromatic rings. The van der Waals surface area contributed by atoms with Crippen molar-refractivity contribution in [2.45, 2.75) is 25.3 Å². The Balaban J connectivity index is 1.55. The Morgan fingerprint density at radius 1 is 1.19 bits per heavy atom. The number of nitrogens with zero attached hydrogens (tertiary/aromatic N) is 4. The Morgan fingerprint density at radius 2 is 2.04 bits per heavy atom. The van der Waals surface area contributed by atoms with Crippen LogP contribution in [0.3, 0.4) is 0 Å². The van der Waals surface area contributed by atoms with Gasteiger partial charge in [0.2, 0.25) is 0 Å². The lowest BCUT2D eigenvalue weighted by molar-refractivity contribution is 0.0414. The van der Waals surface area contributed by atoms with Gasteiger partial charge in [0.25, 0.3) is 5.91 Å². The van der Waals surface area contributed by atoms with Crippen molar-refractivity contribution in [1.29, 1.82) is 0 Å². The van der Waals surface area contributed by atoms with Crippen LogP contribution in [0.5, 0.6) is 0 Å². The summed E-state index contributed by atoms with van der Waals surface area (Å²) in [5.74, 6) is -0.0787. The molecule has 0 bridgehead atoms. The second-order valence-electron chi connectivity index (χ2n) is 6.63. The van der Waals surface area contributed by atoms with E-state index < -0.39 is 0 Å². The van der Waals surface area contributed by atoms with Crippen LogP contribution in [0.1, 0.15) is 28.9 Å². The van der Waals surface area contributed by atoms with Crippen molar-refractivity contribution in [3.05, 3.63) is 60.2 Å². The van der Waals surface area contributed by atoms with Gasteiger partial charge in [-0.05, 0) is 31.4 Å². The number of aliphatic hydroxyl groups excluding tert-OH is 1. The molecule has 1 aliphatic heterocycles. The van der Waals surface area contributed by atoms with Crippen molar-refractivity contribution in [2.24, 2.45) is 0 Å². The van der Waals surface area contributed by atoms with E-state index in [2.05, 4.69) is 39.1 Å². The third-order valence-electron chi connectivity index (χ3n) is 4.89. The fourth-order valence-corrected chi connectivity index (χ4v) is 3.50. The van der Waals surface area contributed by atoms with Crippen LogP contribution in [0.15, 0.2) is 48.9 Å². The van der Waals surface area contributed by atoms with Gasteiger partial charge in [0, 0.05) is 44.7 Å². The van der Waals surface area contributed by atoms with Crippen LogP contribution in [-0.4, -0.2) is 69.6 Å². The molecule has 1 aromatic carbocycles. The molecule has 26 heavy (non-hydrogen) atoms. The quantitative estimate of drug-likeness (QED) is 0.818. The SMILES string of the molecule is O=C(c1cnccn1)N1CCN(CCCc2ccccc2)[C@@H](CCO)C1. The van der Waals surface area contributed by atoms with Crippen LogP contribution in [-0.2, 0) is 6.42 Å². The van der Waals surface area contributed by atoms with Crippen molar-refractivity contribution in [3.8, 4) is 0 Å². The third-order valence-corrected chi connectivity index (χ3v) is 4.89. The average molecular weight is 354 g/mol. The van der Waals surface area contributed by atoms with Gasteiger partial charge in [-0.15, -0.1) is 0 Å². The smallest absolute Gasteiger partial charge is 0.274 e. The Bertz CT molecular complexity index is 681. The summed E-state index contributed by atoms with van der Waals surface area (Å²) >= 11 is 0. The zero-order valence-electron chi connectivity index (χ0n) is 15.0. The lowest BCUT2D eigenvalue weighted by Crippen LogP contribution is -2.55. The zero-order chi connectivity index (χ0) is 18.2. The predicted octanol–water partition coefficient (Wildman–Crippen LogP) is 1.62. The molecule has 1 amide bonds. The minimum absolute atomic E-state index is 0.0787. The molecule has 1 fully saturated rings. The molecule has 0 spiro atoms. The number of hydrogen-bond acceptors (Lipinski definition) is 5. The van der Waals surface area contributed by atoms with Gasteiger partial charge in [-0.3, -0.25) is 14.7 Å². The molecule has 0 radical (unpaired) electrons. The van der Waals surface area contributed by atoms with Crippen molar-refractivity contribution < 1.29 is 9.90 Å². The topological polar surface area (TPSA) is 69.6 Å². The van der Waals surface area contributed by atoms with Crippen LogP contribution in [0.25, 0.3) is 0 Å². The maximum Gasteiger partial charge on any atom is 0.274 e. The fraction of sp³-hybridized carbons (Fsp3) is 0.450. The summed E-state index contributed by atoms with van der Waals surface area (Å²) < 4.78 is 0. The van der Waals surface area contributed by atoms with E-state index >= 15 is 0 Å². The Labute approximate surface area is 154 Å². The molecule has 6 nitrogen and oxygen atoms in total. The van der Waals surface area contributed by atoms with E-state index in [1.165, 1.54) is 18.0 Å². The molecule has 1 saturated heterocycles. The van der Waals surface area contributed by atoms with Crippen molar-refractivity contribution in [3.63, 3.8) is 0 Å². The summed E-state index contributed by atoms with van der Waals surface area (Å²) in [6, 6.07) is 10.7.